The second-order valence-electron chi connectivity index (χ2n) is 6.67. The minimum atomic E-state index is -0.164. The van der Waals surface area contributed by atoms with Gasteiger partial charge in [-0.1, -0.05) is 13.8 Å². The van der Waals surface area contributed by atoms with Crippen molar-refractivity contribution in [2.24, 2.45) is 11.7 Å². The SMILES string of the molecule is CCC(N)Cc1cc(F)ccc1N(C)C1CCC(C)CC1. The molecule has 1 aliphatic rings. The number of nitrogens with two attached hydrogens (primary N) is 1. The summed E-state index contributed by atoms with van der Waals surface area (Å²) in [6.07, 6.45) is 6.71. The third-order valence-electron chi connectivity index (χ3n) is 4.96. The van der Waals surface area contributed by atoms with E-state index in [1.54, 1.807) is 12.1 Å². The first-order chi connectivity index (χ1) is 10.0. The van der Waals surface area contributed by atoms with Gasteiger partial charge in [-0.15, -0.1) is 0 Å². The number of anilines is 1. The predicted octanol–water partition coefficient (Wildman–Crippen LogP) is 4.12. The zero-order chi connectivity index (χ0) is 15.4. The molecule has 0 spiro atoms. The van der Waals surface area contributed by atoms with Crippen LogP contribution in [0.25, 0.3) is 0 Å². The summed E-state index contributed by atoms with van der Waals surface area (Å²) < 4.78 is 13.6. The Labute approximate surface area is 128 Å². The van der Waals surface area contributed by atoms with Gasteiger partial charge in [-0.3, -0.25) is 0 Å². The standard InChI is InChI=1S/C18H29FN2/c1-4-16(20)12-14-11-15(19)7-10-18(14)21(3)17-8-5-13(2)6-9-17/h7,10-11,13,16-17H,4-6,8-9,12,20H2,1-3H3. The van der Waals surface area contributed by atoms with Gasteiger partial charge in [0.15, 0.2) is 0 Å². The van der Waals surface area contributed by atoms with Crippen LogP contribution in [0, 0.1) is 11.7 Å². The molecule has 1 atom stereocenters. The maximum atomic E-state index is 13.6. The van der Waals surface area contributed by atoms with Gasteiger partial charge in [0.2, 0.25) is 0 Å². The molecule has 2 N–H and O–H groups in total. The van der Waals surface area contributed by atoms with Gasteiger partial charge in [0.1, 0.15) is 5.82 Å². The highest BCUT2D eigenvalue weighted by atomic mass is 19.1. The summed E-state index contributed by atoms with van der Waals surface area (Å²) in [5, 5.41) is 0. The first kappa shape index (κ1) is 16.3. The normalized spacial score (nSPS) is 23.9. The van der Waals surface area contributed by atoms with Crippen molar-refractivity contribution in [3.05, 3.63) is 29.6 Å². The molecular weight excluding hydrogens is 263 g/mol. The van der Waals surface area contributed by atoms with Gasteiger partial charge in [0.25, 0.3) is 0 Å². The van der Waals surface area contributed by atoms with Crippen LogP contribution in [0.3, 0.4) is 0 Å². The topological polar surface area (TPSA) is 29.3 Å². The van der Waals surface area contributed by atoms with Gasteiger partial charge in [0.05, 0.1) is 0 Å². The maximum Gasteiger partial charge on any atom is 0.123 e. The van der Waals surface area contributed by atoms with Gasteiger partial charge >= 0.3 is 0 Å². The van der Waals surface area contributed by atoms with Crippen molar-refractivity contribution in [2.75, 3.05) is 11.9 Å². The fourth-order valence-electron chi connectivity index (χ4n) is 3.31. The Hall–Kier alpha value is -1.09. The van der Waals surface area contributed by atoms with Gasteiger partial charge in [-0.25, -0.2) is 4.39 Å². The lowest BCUT2D eigenvalue weighted by atomic mass is 9.86. The van der Waals surface area contributed by atoms with Gasteiger partial charge < -0.3 is 10.6 Å². The van der Waals surface area contributed by atoms with Crippen LogP contribution in [-0.4, -0.2) is 19.1 Å². The van der Waals surface area contributed by atoms with Crippen molar-refractivity contribution in [1.82, 2.24) is 0 Å². The molecule has 0 aliphatic heterocycles. The van der Waals surface area contributed by atoms with Crippen molar-refractivity contribution < 1.29 is 4.39 Å². The summed E-state index contributed by atoms with van der Waals surface area (Å²) in [7, 11) is 2.15. The van der Waals surface area contributed by atoms with E-state index in [1.807, 2.05) is 6.07 Å². The molecule has 0 radical (unpaired) electrons. The molecule has 21 heavy (non-hydrogen) atoms. The molecule has 0 bridgehead atoms. The van der Waals surface area contributed by atoms with Crippen molar-refractivity contribution in [3.63, 3.8) is 0 Å². The van der Waals surface area contributed by atoms with Crippen LogP contribution in [0.15, 0.2) is 18.2 Å². The van der Waals surface area contributed by atoms with Crippen LogP contribution < -0.4 is 10.6 Å². The zero-order valence-corrected chi connectivity index (χ0v) is 13.6. The predicted molar refractivity (Wildman–Crippen MR) is 88.2 cm³/mol. The van der Waals surface area contributed by atoms with Crippen LogP contribution in [0.2, 0.25) is 0 Å². The van der Waals surface area contributed by atoms with E-state index in [1.165, 1.54) is 25.7 Å². The van der Waals surface area contributed by atoms with E-state index in [2.05, 4.69) is 25.8 Å². The Morgan fingerprint density at radius 2 is 1.95 bits per heavy atom. The highest BCUT2D eigenvalue weighted by Crippen LogP contribution is 2.31. The van der Waals surface area contributed by atoms with Gasteiger partial charge in [-0.2, -0.15) is 0 Å². The van der Waals surface area contributed by atoms with Gasteiger partial charge in [-0.05, 0) is 68.2 Å². The van der Waals surface area contributed by atoms with E-state index in [9.17, 15) is 4.39 Å². The summed E-state index contributed by atoms with van der Waals surface area (Å²) >= 11 is 0. The van der Waals surface area contributed by atoms with Crippen LogP contribution in [0.1, 0.15) is 51.5 Å². The number of hydrogen-bond donors (Lipinski definition) is 1. The fraction of sp³-hybridized carbons (Fsp3) is 0.667. The summed E-state index contributed by atoms with van der Waals surface area (Å²) in [5.41, 5.74) is 8.28. The molecule has 118 valence electrons. The summed E-state index contributed by atoms with van der Waals surface area (Å²) in [4.78, 5) is 2.35. The Balaban J connectivity index is 2.17. The Kier molecular flexibility index (Phi) is 5.63. The van der Waals surface area contributed by atoms with E-state index >= 15 is 0 Å². The molecule has 2 rings (SSSR count). The first-order valence-corrected chi connectivity index (χ1v) is 8.28. The van der Waals surface area contributed by atoms with Crippen molar-refractivity contribution >= 4 is 5.69 Å². The largest absolute Gasteiger partial charge is 0.371 e. The van der Waals surface area contributed by atoms with Crippen LogP contribution in [0.4, 0.5) is 10.1 Å². The molecule has 2 nitrogen and oxygen atoms in total. The van der Waals surface area contributed by atoms with E-state index < -0.39 is 0 Å². The number of rotatable bonds is 5. The van der Waals surface area contributed by atoms with E-state index in [0.29, 0.717) is 6.04 Å². The minimum absolute atomic E-state index is 0.102. The molecule has 0 amide bonds. The second-order valence-corrected chi connectivity index (χ2v) is 6.67. The van der Waals surface area contributed by atoms with E-state index in [0.717, 1.165) is 30.0 Å². The smallest absolute Gasteiger partial charge is 0.123 e. The number of benzene rings is 1. The maximum absolute atomic E-state index is 13.6. The number of nitrogens with zero attached hydrogens (tertiary/aromatic N) is 1. The first-order valence-electron chi connectivity index (χ1n) is 8.28. The van der Waals surface area contributed by atoms with Crippen molar-refractivity contribution in [1.29, 1.82) is 0 Å². The Bertz CT molecular complexity index is 453. The molecule has 1 unspecified atom stereocenters. The van der Waals surface area contributed by atoms with E-state index in [4.69, 9.17) is 5.73 Å². The van der Waals surface area contributed by atoms with Crippen LogP contribution >= 0.6 is 0 Å². The fourth-order valence-corrected chi connectivity index (χ4v) is 3.31. The lowest BCUT2D eigenvalue weighted by Crippen LogP contribution is -2.36. The molecule has 1 aromatic rings. The summed E-state index contributed by atoms with van der Waals surface area (Å²) in [6.45, 7) is 4.41. The molecule has 0 saturated heterocycles. The van der Waals surface area contributed by atoms with Crippen LogP contribution in [-0.2, 0) is 6.42 Å². The lowest BCUT2D eigenvalue weighted by molar-refractivity contribution is 0.340. The van der Waals surface area contributed by atoms with Crippen molar-refractivity contribution in [2.45, 2.75) is 64.5 Å². The number of halogens is 1. The van der Waals surface area contributed by atoms with Gasteiger partial charge in [0, 0.05) is 24.8 Å². The number of hydrogen-bond acceptors (Lipinski definition) is 2. The molecule has 0 aromatic heterocycles. The molecule has 1 fully saturated rings. The van der Waals surface area contributed by atoms with E-state index in [-0.39, 0.29) is 11.9 Å². The molecular formula is C18H29FN2. The third-order valence-corrected chi connectivity index (χ3v) is 4.96. The monoisotopic (exact) mass is 292 g/mol. The molecule has 3 heteroatoms. The second kappa shape index (κ2) is 7.26. The van der Waals surface area contributed by atoms with Crippen molar-refractivity contribution in [3.8, 4) is 0 Å². The lowest BCUT2D eigenvalue weighted by Gasteiger charge is -2.36. The summed E-state index contributed by atoms with van der Waals surface area (Å²) in [5.74, 6) is 0.679. The third kappa shape index (κ3) is 4.19. The molecule has 0 heterocycles. The highest BCUT2D eigenvalue weighted by Gasteiger charge is 2.23. The average Bonchev–Trinajstić information content (AvgIpc) is 2.47. The summed E-state index contributed by atoms with van der Waals surface area (Å²) in [6, 6.07) is 5.82. The highest BCUT2D eigenvalue weighted by molar-refractivity contribution is 5.54. The average molecular weight is 292 g/mol. The Morgan fingerprint density at radius 1 is 1.29 bits per heavy atom. The quantitative estimate of drug-likeness (QED) is 0.884. The van der Waals surface area contributed by atoms with Crippen LogP contribution in [0.5, 0.6) is 0 Å². The Morgan fingerprint density at radius 3 is 2.57 bits per heavy atom. The zero-order valence-electron chi connectivity index (χ0n) is 13.6. The molecule has 1 saturated carbocycles. The molecule has 1 aromatic carbocycles. The molecule has 1 aliphatic carbocycles. The minimum Gasteiger partial charge on any atom is -0.371 e.